The van der Waals surface area contributed by atoms with Crippen LogP contribution in [0.2, 0.25) is 5.02 Å². The van der Waals surface area contributed by atoms with Crippen LogP contribution >= 0.6 is 34.3 Å². The van der Waals surface area contributed by atoms with Crippen molar-refractivity contribution in [3.05, 3.63) is 42.7 Å². The maximum Gasteiger partial charge on any atom is 0.0780 e. The highest BCUT2D eigenvalue weighted by Gasteiger charge is 2.22. The molecule has 0 bridgehead atoms. The van der Waals surface area contributed by atoms with Crippen LogP contribution in [0.5, 0.6) is 0 Å². The molecule has 20 heavy (non-hydrogen) atoms. The lowest BCUT2D eigenvalue weighted by atomic mass is 10.1. The summed E-state index contributed by atoms with van der Waals surface area (Å²) in [6, 6.07) is 4.70. The number of halogens is 1. The summed E-state index contributed by atoms with van der Waals surface area (Å²) in [4.78, 5) is 4.29. The van der Waals surface area contributed by atoms with Crippen molar-refractivity contribution in [1.82, 2.24) is 5.32 Å². The molecule has 1 nitrogen and oxygen atoms in total. The highest BCUT2D eigenvalue weighted by Crippen LogP contribution is 2.38. The molecule has 1 unspecified atom stereocenters. The summed E-state index contributed by atoms with van der Waals surface area (Å²) in [5.74, 6) is 0. The van der Waals surface area contributed by atoms with Gasteiger partial charge in [0.2, 0.25) is 0 Å². The Hall–Kier alpha value is -0.350. The summed E-state index contributed by atoms with van der Waals surface area (Å²) in [5.41, 5.74) is 1.58. The van der Waals surface area contributed by atoms with Gasteiger partial charge in [0.25, 0.3) is 0 Å². The second-order valence-corrected chi connectivity index (χ2v) is 7.80. The van der Waals surface area contributed by atoms with Crippen LogP contribution in [0.1, 0.15) is 52.4 Å². The number of rotatable bonds is 4. The zero-order valence-electron chi connectivity index (χ0n) is 11.7. The molecule has 108 valence electrons. The van der Waals surface area contributed by atoms with E-state index in [1.807, 2.05) is 17.4 Å². The van der Waals surface area contributed by atoms with Gasteiger partial charge in [-0.15, -0.1) is 22.7 Å². The number of hydrogen-bond acceptors (Lipinski definition) is 3. The molecule has 3 rings (SSSR count). The van der Waals surface area contributed by atoms with E-state index in [0.717, 1.165) is 11.6 Å². The summed E-state index contributed by atoms with van der Waals surface area (Å²) in [5, 5.41) is 6.58. The fraction of sp³-hybridized carbons (Fsp3) is 0.500. The van der Waals surface area contributed by atoms with Crippen LogP contribution < -0.4 is 5.32 Å². The smallest absolute Gasteiger partial charge is 0.0780 e. The molecule has 1 aliphatic rings. The van der Waals surface area contributed by atoms with Gasteiger partial charge in [-0.25, -0.2) is 0 Å². The summed E-state index contributed by atoms with van der Waals surface area (Å²) < 4.78 is 0. The molecule has 0 saturated carbocycles. The molecular weight excluding hydrogens is 306 g/mol. The van der Waals surface area contributed by atoms with Crippen LogP contribution in [-0.2, 0) is 12.8 Å². The van der Waals surface area contributed by atoms with Crippen molar-refractivity contribution < 1.29 is 0 Å². The average molecular weight is 326 g/mol. The quantitative estimate of drug-likeness (QED) is 0.739. The molecule has 0 fully saturated rings. The van der Waals surface area contributed by atoms with Gasteiger partial charge in [-0.3, -0.25) is 0 Å². The molecular formula is C16H20ClNS2. The van der Waals surface area contributed by atoms with E-state index in [2.05, 4.69) is 23.7 Å². The van der Waals surface area contributed by atoms with Crippen LogP contribution in [0.15, 0.2) is 17.5 Å². The Balaban J connectivity index is 1.94. The van der Waals surface area contributed by atoms with Crippen LogP contribution in [0.4, 0.5) is 0 Å². The lowest BCUT2D eigenvalue weighted by Crippen LogP contribution is -2.20. The Morgan fingerprint density at radius 3 is 2.90 bits per heavy atom. The van der Waals surface area contributed by atoms with Gasteiger partial charge in [-0.05, 0) is 55.3 Å². The first kappa shape index (κ1) is 14.6. The number of hydrogen-bond donors (Lipinski definition) is 1. The van der Waals surface area contributed by atoms with Crippen molar-refractivity contribution in [3.8, 4) is 0 Å². The minimum Gasteiger partial charge on any atom is -0.305 e. The maximum absolute atomic E-state index is 6.35. The molecule has 1 aliphatic carbocycles. The Bertz CT molecular complexity index is 549. The lowest BCUT2D eigenvalue weighted by molar-refractivity contribution is 0.648. The third kappa shape index (κ3) is 2.96. The Morgan fingerprint density at radius 1 is 1.30 bits per heavy atom. The van der Waals surface area contributed by atoms with Crippen molar-refractivity contribution in [2.75, 3.05) is 6.54 Å². The molecule has 4 heteroatoms. The maximum atomic E-state index is 6.35. The predicted octanol–water partition coefficient (Wildman–Crippen LogP) is 5.43. The molecule has 1 N–H and O–H groups in total. The van der Waals surface area contributed by atoms with E-state index in [1.54, 1.807) is 21.8 Å². The monoisotopic (exact) mass is 325 g/mol. The van der Waals surface area contributed by atoms with Gasteiger partial charge >= 0.3 is 0 Å². The SMILES string of the molecule is CCNC(c1cc2c(s1)CCCCC2)c1sccc1Cl. The van der Waals surface area contributed by atoms with E-state index in [-0.39, 0.29) is 6.04 Å². The Kier molecular flexibility index (Phi) is 4.82. The van der Waals surface area contributed by atoms with Gasteiger partial charge < -0.3 is 5.32 Å². The average Bonchev–Trinajstić information content (AvgIpc) is 2.97. The van der Waals surface area contributed by atoms with E-state index in [4.69, 9.17) is 11.6 Å². The van der Waals surface area contributed by atoms with Crippen molar-refractivity contribution in [1.29, 1.82) is 0 Å². The molecule has 2 heterocycles. The fourth-order valence-corrected chi connectivity index (χ4v) is 5.55. The lowest BCUT2D eigenvalue weighted by Gasteiger charge is -2.15. The second kappa shape index (κ2) is 6.61. The van der Waals surface area contributed by atoms with Crippen LogP contribution in [0.25, 0.3) is 0 Å². The first-order chi connectivity index (χ1) is 9.79. The van der Waals surface area contributed by atoms with E-state index < -0.39 is 0 Å². The summed E-state index contributed by atoms with van der Waals surface area (Å²) in [6.07, 6.45) is 6.58. The first-order valence-corrected chi connectivity index (χ1v) is 9.44. The summed E-state index contributed by atoms with van der Waals surface area (Å²) in [6.45, 7) is 3.12. The van der Waals surface area contributed by atoms with Crippen LogP contribution in [0, 0.1) is 0 Å². The standard InChI is InChI=1S/C16H20ClNS2/c1-2-18-15(16-12(17)8-9-19-16)14-10-11-6-4-3-5-7-13(11)20-14/h8-10,15,18H,2-7H2,1H3. The zero-order chi connectivity index (χ0) is 13.9. The number of aryl methyl sites for hydroxylation is 2. The molecule has 1 atom stereocenters. The third-order valence-electron chi connectivity index (χ3n) is 3.87. The van der Waals surface area contributed by atoms with Gasteiger partial charge in [-0.1, -0.05) is 24.9 Å². The number of fused-ring (bicyclic) bond motifs is 1. The molecule has 0 aliphatic heterocycles. The Labute approximate surface area is 134 Å². The van der Waals surface area contributed by atoms with Gasteiger partial charge in [0.05, 0.1) is 11.1 Å². The Morgan fingerprint density at radius 2 is 2.15 bits per heavy atom. The highest BCUT2D eigenvalue weighted by atomic mass is 35.5. The van der Waals surface area contributed by atoms with Gasteiger partial charge in [0.15, 0.2) is 0 Å². The fourth-order valence-electron chi connectivity index (χ4n) is 2.87. The third-order valence-corrected chi connectivity index (χ3v) is 6.59. The molecule has 0 aromatic carbocycles. The van der Waals surface area contributed by atoms with E-state index in [9.17, 15) is 0 Å². The topological polar surface area (TPSA) is 12.0 Å². The van der Waals surface area contributed by atoms with Gasteiger partial charge in [-0.2, -0.15) is 0 Å². The van der Waals surface area contributed by atoms with Crippen LogP contribution in [0.3, 0.4) is 0 Å². The molecule has 2 aromatic rings. The molecule has 2 aromatic heterocycles. The van der Waals surface area contributed by atoms with Crippen molar-refractivity contribution in [2.24, 2.45) is 0 Å². The zero-order valence-corrected chi connectivity index (χ0v) is 14.1. The number of thiophene rings is 2. The highest BCUT2D eigenvalue weighted by molar-refractivity contribution is 7.13. The minimum absolute atomic E-state index is 0.268. The van der Waals surface area contributed by atoms with E-state index in [0.29, 0.717) is 0 Å². The number of nitrogens with one attached hydrogen (secondary N) is 1. The normalized spacial score (nSPS) is 16.7. The van der Waals surface area contributed by atoms with Crippen molar-refractivity contribution in [3.63, 3.8) is 0 Å². The van der Waals surface area contributed by atoms with Gasteiger partial charge in [0.1, 0.15) is 0 Å². The van der Waals surface area contributed by atoms with Gasteiger partial charge in [0, 0.05) is 14.6 Å². The molecule has 0 saturated heterocycles. The van der Waals surface area contributed by atoms with Crippen molar-refractivity contribution >= 4 is 34.3 Å². The summed E-state index contributed by atoms with van der Waals surface area (Å²) in [7, 11) is 0. The predicted molar refractivity (Wildman–Crippen MR) is 90.4 cm³/mol. The first-order valence-electron chi connectivity index (χ1n) is 7.37. The second-order valence-electron chi connectivity index (χ2n) is 5.28. The van der Waals surface area contributed by atoms with Crippen molar-refractivity contribution in [2.45, 2.75) is 45.1 Å². The molecule has 0 radical (unpaired) electrons. The van der Waals surface area contributed by atoms with E-state index in [1.165, 1.54) is 41.9 Å². The largest absolute Gasteiger partial charge is 0.305 e. The summed E-state index contributed by atoms with van der Waals surface area (Å²) >= 11 is 10.1. The molecule has 0 spiro atoms. The minimum atomic E-state index is 0.268. The van der Waals surface area contributed by atoms with E-state index >= 15 is 0 Å². The molecule has 0 amide bonds. The van der Waals surface area contributed by atoms with Crippen LogP contribution in [-0.4, -0.2) is 6.54 Å².